The van der Waals surface area contributed by atoms with Gasteiger partial charge in [-0.2, -0.15) is 0 Å². The van der Waals surface area contributed by atoms with Gasteiger partial charge in [-0.3, -0.25) is 9.52 Å². The number of benzene rings is 3. The predicted molar refractivity (Wildman–Crippen MR) is 120 cm³/mol. The molecule has 0 radical (unpaired) electrons. The Bertz CT molecular complexity index is 1170. The minimum absolute atomic E-state index is 0.0865. The highest BCUT2D eigenvalue weighted by Gasteiger charge is 2.21. The van der Waals surface area contributed by atoms with E-state index in [1.54, 1.807) is 25.1 Å². The van der Waals surface area contributed by atoms with Gasteiger partial charge in [0.05, 0.1) is 16.6 Å². The van der Waals surface area contributed by atoms with Crippen molar-refractivity contribution in [2.75, 3.05) is 4.72 Å². The highest BCUT2D eigenvalue weighted by atomic mass is 32.2. The number of carbonyl (C=O) groups excluding carboxylic acids is 1. The number of nitrogens with one attached hydrogen (secondary N) is 2. The van der Waals surface area contributed by atoms with Crippen LogP contribution in [0.3, 0.4) is 0 Å². The minimum atomic E-state index is -3.85. The number of rotatable bonds is 6. The second kappa shape index (κ2) is 8.71. The predicted octanol–water partition coefficient (Wildman–Crippen LogP) is 4.90. The number of amides is 1. The lowest BCUT2D eigenvalue weighted by Crippen LogP contribution is -2.27. The summed E-state index contributed by atoms with van der Waals surface area (Å²) in [5, 5.41) is 2.92. The van der Waals surface area contributed by atoms with Crippen molar-refractivity contribution < 1.29 is 13.2 Å². The maximum Gasteiger partial charge on any atom is 0.262 e. The Kier molecular flexibility index (Phi) is 6.27. The average molecular weight is 423 g/mol. The van der Waals surface area contributed by atoms with Crippen molar-refractivity contribution >= 4 is 21.6 Å². The van der Waals surface area contributed by atoms with Crippen LogP contribution in [0.4, 0.5) is 5.69 Å². The van der Waals surface area contributed by atoms with Crippen LogP contribution in [0.1, 0.15) is 45.6 Å². The van der Waals surface area contributed by atoms with E-state index in [-0.39, 0.29) is 16.8 Å². The van der Waals surface area contributed by atoms with Crippen LogP contribution in [-0.4, -0.2) is 14.3 Å². The highest BCUT2D eigenvalue weighted by Crippen LogP contribution is 2.24. The molecular weight excluding hydrogens is 396 g/mol. The quantitative estimate of drug-likeness (QED) is 0.593. The van der Waals surface area contributed by atoms with Crippen LogP contribution in [-0.2, 0) is 10.0 Å². The zero-order valence-corrected chi connectivity index (χ0v) is 18.4. The normalized spacial score (nSPS) is 12.3. The van der Waals surface area contributed by atoms with E-state index in [9.17, 15) is 13.2 Å². The molecule has 0 aromatic heterocycles. The van der Waals surface area contributed by atoms with Crippen molar-refractivity contribution in [3.8, 4) is 0 Å². The van der Waals surface area contributed by atoms with Crippen molar-refractivity contribution in [3.05, 3.63) is 94.5 Å². The fourth-order valence-corrected chi connectivity index (χ4v) is 4.59. The molecule has 156 valence electrons. The molecule has 1 amide bonds. The molecule has 6 heteroatoms. The largest absolute Gasteiger partial charge is 0.346 e. The standard InChI is InChI=1S/C24H26N2O3S/c1-16-9-8-12-22(18(16)3)26-30(28,29)23-15-21(14-13-17(23)2)24(27)25-19(4)20-10-6-5-7-11-20/h5-15,19,26H,1-4H3,(H,25,27)/t19-/m1/s1. The number of carbonyl (C=O) groups is 1. The molecule has 3 rings (SSSR count). The molecule has 3 aromatic carbocycles. The number of hydrogen-bond acceptors (Lipinski definition) is 3. The molecule has 30 heavy (non-hydrogen) atoms. The molecule has 0 saturated carbocycles. The van der Waals surface area contributed by atoms with Gasteiger partial charge in [-0.15, -0.1) is 0 Å². The van der Waals surface area contributed by atoms with Gasteiger partial charge in [-0.05, 0) is 68.1 Å². The van der Waals surface area contributed by atoms with Crippen LogP contribution in [0, 0.1) is 20.8 Å². The highest BCUT2D eigenvalue weighted by molar-refractivity contribution is 7.92. The van der Waals surface area contributed by atoms with Gasteiger partial charge in [-0.25, -0.2) is 8.42 Å². The second-order valence-corrected chi connectivity index (χ2v) is 9.09. The molecule has 1 atom stereocenters. The summed E-state index contributed by atoms with van der Waals surface area (Å²) in [6.07, 6.45) is 0. The fraction of sp³-hybridized carbons (Fsp3) is 0.208. The van der Waals surface area contributed by atoms with E-state index >= 15 is 0 Å². The van der Waals surface area contributed by atoms with Crippen molar-refractivity contribution in [3.63, 3.8) is 0 Å². The Morgan fingerprint density at radius 1 is 0.867 bits per heavy atom. The van der Waals surface area contributed by atoms with Gasteiger partial charge in [0.25, 0.3) is 15.9 Å². The maximum atomic E-state index is 13.1. The van der Waals surface area contributed by atoms with Gasteiger partial charge in [0.1, 0.15) is 0 Å². The molecule has 0 heterocycles. The molecular formula is C24H26N2O3S. The van der Waals surface area contributed by atoms with Crippen molar-refractivity contribution in [2.24, 2.45) is 0 Å². The van der Waals surface area contributed by atoms with E-state index in [1.165, 1.54) is 6.07 Å². The summed E-state index contributed by atoms with van der Waals surface area (Å²) < 4.78 is 28.8. The molecule has 0 fully saturated rings. The summed E-state index contributed by atoms with van der Waals surface area (Å²) in [6, 6.07) is 19.6. The summed E-state index contributed by atoms with van der Waals surface area (Å²) in [6.45, 7) is 7.40. The van der Waals surface area contributed by atoms with Gasteiger partial charge in [-0.1, -0.05) is 48.5 Å². The Labute approximate surface area is 178 Å². The Morgan fingerprint density at radius 3 is 2.27 bits per heavy atom. The van der Waals surface area contributed by atoms with Gasteiger partial charge >= 0.3 is 0 Å². The average Bonchev–Trinajstić information content (AvgIpc) is 2.72. The topological polar surface area (TPSA) is 75.3 Å². The first-order valence-corrected chi connectivity index (χ1v) is 11.2. The van der Waals surface area contributed by atoms with Crippen LogP contribution in [0.25, 0.3) is 0 Å². The number of sulfonamides is 1. The van der Waals surface area contributed by atoms with E-state index in [0.717, 1.165) is 16.7 Å². The van der Waals surface area contributed by atoms with E-state index in [2.05, 4.69) is 10.0 Å². The van der Waals surface area contributed by atoms with Crippen LogP contribution in [0.5, 0.6) is 0 Å². The SMILES string of the molecule is Cc1ccc(C(=O)N[C@H](C)c2ccccc2)cc1S(=O)(=O)Nc1cccc(C)c1C. The zero-order chi connectivity index (χ0) is 21.9. The van der Waals surface area contributed by atoms with Crippen LogP contribution < -0.4 is 10.0 Å². The van der Waals surface area contributed by atoms with Gasteiger partial charge in [0.15, 0.2) is 0 Å². The first-order chi connectivity index (χ1) is 14.2. The van der Waals surface area contributed by atoms with E-state index < -0.39 is 10.0 Å². The van der Waals surface area contributed by atoms with Crippen molar-refractivity contribution in [2.45, 2.75) is 38.6 Å². The summed E-state index contributed by atoms with van der Waals surface area (Å²) >= 11 is 0. The van der Waals surface area contributed by atoms with Crippen LogP contribution >= 0.6 is 0 Å². The monoisotopic (exact) mass is 422 g/mol. The van der Waals surface area contributed by atoms with Crippen LogP contribution in [0.2, 0.25) is 0 Å². The molecule has 3 aromatic rings. The fourth-order valence-electron chi connectivity index (χ4n) is 3.20. The van der Waals surface area contributed by atoms with Gasteiger partial charge in [0.2, 0.25) is 0 Å². The smallest absolute Gasteiger partial charge is 0.262 e. The maximum absolute atomic E-state index is 13.1. The Balaban J connectivity index is 1.87. The molecule has 0 spiro atoms. The third-order valence-electron chi connectivity index (χ3n) is 5.24. The number of hydrogen-bond donors (Lipinski definition) is 2. The molecule has 0 aliphatic rings. The molecule has 0 unspecified atom stereocenters. The first kappa shape index (κ1) is 21.6. The number of anilines is 1. The van der Waals surface area contributed by atoms with E-state index in [0.29, 0.717) is 16.8 Å². The molecule has 0 aliphatic heterocycles. The third kappa shape index (κ3) is 4.71. The minimum Gasteiger partial charge on any atom is -0.346 e. The molecule has 5 nitrogen and oxygen atoms in total. The lowest BCUT2D eigenvalue weighted by Gasteiger charge is -2.16. The summed E-state index contributed by atoms with van der Waals surface area (Å²) in [5.74, 6) is -0.325. The summed E-state index contributed by atoms with van der Waals surface area (Å²) in [4.78, 5) is 12.8. The molecule has 0 saturated heterocycles. The van der Waals surface area contributed by atoms with Gasteiger partial charge < -0.3 is 5.32 Å². The zero-order valence-electron chi connectivity index (χ0n) is 17.6. The lowest BCUT2D eigenvalue weighted by atomic mass is 10.1. The Hall–Kier alpha value is -3.12. The number of aryl methyl sites for hydroxylation is 2. The van der Waals surface area contributed by atoms with E-state index in [1.807, 2.05) is 63.2 Å². The van der Waals surface area contributed by atoms with Crippen molar-refractivity contribution in [1.82, 2.24) is 5.32 Å². The Morgan fingerprint density at radius 2 is 1.57 bits per heavy atom. The molecule has 0 aliphatic carbocycles. The van der Waals surface area contributed by atoms with Crippen LogP contribution in [0.15, 0.2) is 71.6 Å². The third-order valence-corrected chi connectivity index (χ3v) is 6.74. The first-order valence-electron chi connectivity index (χ1n) is 9.74. The summed E-state index contributed by atoms with van der Waals surface area (Å²) in [7, 11) is -3.85. The second-order valence-electron chi connectivity index (χ2n) is 7.44. The lowest BCUT2D eigenvalue weighted by molar-refractivity contribution is 0.0939. The molecule has 0 bridgehead atoms. The van der Waals surface area contributed by atoms with Crippen molar-refractivity contribution in [1.29, 1.82) is 0 Å². The van der Waals surface area contributed by atoms with Gasteiger partial charge in [0, 0.05) is 5.56 Å². The molecule has 2 N–H and O–H groups in total. The van der Waals surface area contributed by atoms with E-state index in [4.69, 9.17) is 0 Å². The summed E-state index contributed by atoms with van der Waals surface area (Å²) in [5.41, 5.74) is 4.23.